The molecule has 226 valence electrons. The molecule has 3 aromatic heterocycles. The van der Waals surface area contributed by atoms with E-state index in [1.165, 1.54) is 28.6 Å². The molecule has 0 bridgehead atoms. The minimum Gasteiger partial charge on any atom is -0.405 e. The highest BCUT2D eigenvalue weighted by Gasteiger charge is 2.17. The normalized spacial score (nSPS) is 12.1. The number of para-hydroxylation sites is 1. The van der Waals surface area contributed by atoms with Gasteiger partial charge in [-0.2, -0.15) is 0 Å². The molecule has 0 fully saturated rings. The fraction of sp³-hybridized carbons (Fsp3) is 0.0238. The number of allylic oxidation sites excluding steroid dienone is 6. The number of hydrogen-bond donors (Lipinski definition) is 2. The lowest BCUT2D eigenvalue weighted by Gasteiger charge is -2.11. The Morgan fingerprint density at radius 2 is 1.40 bits per heavy atom. The molecule has 7 rings (SSSR count). The minimum atomic E-state index is 0.762. The van der Waals surface area contributed by atoms with Gasteiger partial charge >= 0.3 is 0 Å². The van der Waals surface area contributed by atoms with Crippen molar-refractivity contribution in [3.8, 4) is 28.2 Å². The third kappa shape index (κ3) is 5.55. The lowest BCUT2D eigenvalue weighted by Crippen LogP contribution is -1.95. The molecule has 7 aromatic rings. The summed E-state index contributed by atoms with van der Waals surface area (Å²) < 4.78 is 2.36. The highest BCUT2D eigenvalue weighted by atomic mass is 15.0. The Balaban J connectivity index is 1.41. The molecule has 0 spiro atoms. The first-order chi connectivity index (χ1) is 23.1. The average molecular weight is 608 g/mol. The van der Waals surface area contributed by atoms with Crippen LogP contribution in [0.3, 0.4) is 0 Å². The lowest BCUT2D eigenvalue weighted by atomic mass is 10.0. The molecule has 47 heavy (non-hydrogen) atoms. The van der Waals surface area contributed by atoms with E-state index in [9.17, 15) is 0 Å². The summed E-state index contributed by atoms with van der Waals surface area (Å²) >= 11 is 0. The summed E-state index contributed by atoms with van der Waals surface area (Å²) in [6, 6.07) is 40.3. The summed E-state index contributed by atoms with van der Waals surface area (Å²) in [6.07, 6.45) is 10.0. The van der Waals surface area contributed by atoms with E-state index in [0.29, 0.717) is 0 Å². The van der Waals surface area contributed by atoms with Crippen LogP contribution in [0.1, 0.15) is 18.3 Å². The highest BCUT2D eigenvalue weighted by Crippen LogP contribution is 2.39. The molecule has 0 saturated carbocycles. The number of nitrogens with one attached hydrogen (secondary N) is 1. The van der Waals surface area contributed by atoms with E-state index in [1.54, 1.807) is 12.2 Å². The maximum absolute atomic E-state index is 7.30. The molecule has 0 unspecified atom stereocenters. The quantitative estimate of drug-likeness (QED) is 0.133. The topological polar surface area (TPSA) is 80.6 Å². The zero-order valence-corrected chi connectivity index (χ0v) is 26.1. The average Bonchev–Trinajstić information content (AvgIpc) is 3.47. The van der Waals surface area contributed by atoms with E-state index >= 15 is 0 Å². The lowest BCUT2D eigenvalue weighted by molar-refractivity contribution is 1.18. The van der Waals surface area contributed by atoms with Gasteiger partial charge in [0.15, 0.2) is 0 Å². The molecule has 0 radical (unpaired) electrons. The van der Waals surface area contributed by atoms with Crippen molar-refractivity contribution in [2.75, 3.05) is 0 Å². The first-order valence-electron chi connectivity index (χ1n) is 15.5. The van der Waals surface area contributed by atoms with Gasteiger partial charge in [0.1, 0.15) is 0 Å². The first kappa shape index (κ1) is 29.4. The van der Waals surface area contributed by atoms with E-state index in [2.05, 4.69) is 90.0 Å². The van der Waals surface area contributed by atoms with E-state index in [0.717, 1.165) is 67.2 Å². The maximum atomic E-state index is 7.30. The Hall–Kier alpha value is -6.33. The van der Waals surface area contributed by atoms with Crippen molar-refractivity contribution in [2.45, 2.75) is 6.92 Å². The Kier molecular flexibility index (Phi) is 7.87. The van der Waals surface area contributed by atoms with Crippen LogP contribution in [0, 0.1) is 5.41 Å². The molecule has 4 aromatic carbocycles. The molecule has 0 atom stereocenters. The maximum Gasteiger partial charge on any atom is 0.0710 e. The summed E-state index contributed by atoms with van der Waals surface area (Å²) in [5.74, 6) is 0. The van der Waals surface area contributed by atoms with Gasteiger partial charge in [0.05, 0.1) is 33.8 Å². The standard InChI is InChI=1S/C42H33N5/c1-28(10-8-24-43)37-14-6-16-39(45-37)31-19-21-34-30(26-31)18-23-36-35-22-20-32(40-17-7-15-38(46-40)29(2)11-9-25-44)27-41(35)47(42(34)36)33-12-4-3-5-13-33/h3-27,44H,2,43H2,1H3/b11-9-,24-8-,28-10+,44-25?. The van der Waals surface area contributed by atoms with Crippen molar-refractivity contribution in [1.29, 1.82) is 5.41 Å². The first-order valence-corrected chi connectivity index (χ1v) is 15.5. The Morgan fingerprint density at radius 1 is 0.723 bits per heavy atom. The van der Waals surface area contributed by atoms with Gasteiger partial charge in [-0.25, -0.2) is 9.97 Å². The third-order valence-electron chi connectivity index (χ3n) is 8.43. The monoisotopic (exact) mass is 607 g/mol. The fourth-order valence-corrected chi connectivity index (χ4v) is 6.12. The summed E-state index contributed by atoms with van der Waals surface area (Å²) in [5, 5.41) is 12.0. The number of benzene rings is 4. The highest BCUT2D eigenvalue weighted by molar-refractivity contribution is 6.19. The zero-order valence-electron chi connectivity index (χ0n) is 26.1. The van der Waals surface area contributed by atoms with E-state index < -0.39 is 0 Å². The van der Waals surface area contributed by atoms with Gasteiger partial charge in [-0.3, -0.25) is 0 Å². The molecule has 0 saturated heterocycles. The van der Waals surface area contributed by atoms with Gasteiger partial charge < -0.3 is 15.7 Å². The van der Waals surface area contributed by atoms with E-state index in [4.69, 9.17) is 21.1 Å². The molecule has 0 aliphatic heterocycles. The third-order valence-corrected chi connectivity index (χ3v) is 8.43. The van der Waals surface area contributed by atoms with Gasteiger partial charge in [0.25, 0.3) is 0 Å². The summed E-state index contributed by atoms with van der Waals surface area (Å²) in [4.78, 5) is 9.89. The van der Waals surface area contributed by atoms with Crippen molar-refractivity contribution >= 4 is 49.9 Å². The molecule has 3 heterocycles. The number of pyridine rings is 2. The second-order valence-corrected chi connectivity index (χ2v) is 11.4. The fourth-order valence-electron chi connectivity index (χ4n) is 6.12. The minimum absolute atomic E-state index is 0.762. The Bertz CT molecular complexity index is 2410. The van der Waals surface area contributed by atoms with E-state index in [-0.39, 0.29) is 0 Å². The molecule has 0 aliphatic carbocycles. The van der Waals surface area contributed by atoms with Gasteiger partial charge in [0.2, 0.25) is 0 Å². The Labute approximate surface area is 273 Å². The van der Waals surface area contributed by atoms with Crippen LogP contribution in [-0.4, -0.2) is 20.7 Å². The predicted octanol–water partition coefficient (Wildman–Crippen LogP) is 10.2. The number of nitrogens with two attached hydrogens (primary N) is 1. The zero-order chi connectivity index (χ0) is 32.3. The smallest absolute Gasteiger partial charge is 0.0710 e. The van der Waals surface area contributed by atoms with Gasteiger partial charge in [-0.05, 0) is 90.3 Å². The summed E-state index contributed by atoms with van der Waals surface area (Å²) in [6.45, 7) is 6.18. The molecule has 5 heteroatoms. The van der Waals surface area contributed by atoms with Crippen LogP contribution in [0.5, 0.6) is 0 Å². The van der Waals surface area contributed by atoms with Crippen LogP contribution >= 0.6 is 0 Å². The molecular formula is C42H33N5. The van der Waals surface area contributed by atoms with Crippen molar-refractivity contribution in [3.63, 3.8) is 0 Å². The van der Waals surface area contributed by atoms with Crippen molar-refractivity contribution in [1.82, 2.24) is 14.5 Å². The SMILES string of the molecule is C=C(/C=C\C=N)c1cccc(-c2ccc3c4ccc5cc(-c6cccc(/C(C)=C/C=C\N)n6)ccc5c4n(-c4ccccc4)c3c2)n1. The molecule has 0 amide bonds. The Morgan fingerprint density at radius 3 is 2.15 bits per heavy atom. The van der Waals surface area contributed by atoms with Crippen LogP contribution in [0.25, 0.3) is 71.9 Å². The van der Waals surface area contributed by atoms with Crippen LogP contribution in [-0.2, 0) is 0 Å². The van der Waals surface area contributed by atoms with Crippen molar-refractivity contribution in [2.24, 2.45) is 5.73 Å². The second-order valence-electron chi connectivity index (χ2n) is 11.4. The molecule has 0 aliphatic rings. The number of nitrogens with zero attached hydrogens (tertiary/aromatic N) is 3. The van der Waals surface area contributed by atoms with Crippen molar-refractivity contribution < 1.29 is 0 Å². The van der Waals surface area contributed by atoms with Crippen LogP contribution < -0.4 is 5.73 Å². The van der Waals surface area contributed by atoms with Crippen LogP contribution in [0.2, 0.25) is 0 Å². The number of aromatic nitrogens is 3. The largest absolute Gasteiger partial charge is 0.405 e. The predicted molar refractivity (Wildman–Crippen MR) is 199 cm³/mol. The molecule has 5 nitrogen and oxygen atoms in total. The number of rotatable bonds is 8. The van der Waals surface area contributed by atoms with Gasteiger partial charge in [-0.1, -0.05) is 85.5 Å². The van der Waals surface area contributed by atoms with Crippen LogP contribution in [0.15, 0.2) is 152 Å². The molecular weight excluding hydrogens is 574 g/mol. The van der Waals surface area contributed by atoms with Crippen LogP contribution in [0.4, 0.5) is 0 Å². The number of fused-ring (bicyclic) bond motifs is 5. The van der Waals surface area contributed by atoms with E-state index in [1.807, 2.05) is 55.5 Å². The van der Waals surface area contributed by atoms with Gasteiger partial charge in [-0.15, -0.1) is 0 Å². The second kappa shape index (κ2) is 12.6. The molecule has 3 N–H and O–H groups in total. The summed E-state index contributed by atoms with van der Waals surface area (Å²) in [5.41, 5.74) is 16.3. The number of hydrogen-bond acceptors (Lipinski definition) is 4. The summed E-state index contributed by atoms with van der Waals surface area (Å²) in [7, 11) is 0. The van der Waals surface area contributed by atoms with Crippen molar-refractivity contribution in [3.05, 3.63) is 164 Å². The van der Waals surface area contributed by atoms with Gasteiger partial charge in [0, 0.05) is 39.2 Å².